The quantitative estimate of drug-likeness (QED) is 0.275. The summed E-state index contributed by atoms with van der Waals surface area (Å²) >= 11 is 1.23. The van der Waals surface area contributed by atoms with E-state index in [2.05, 4.69) is 16.7 Å². The maximum absolute atomic E-state index is 14.2. The fourth-order valence-electron chi connectivity index (χ4n) is 5.34. The molecule has 0 radical (unpaired) electrons. The molecule has 11 heteroatoms. The molecule has 2 aromatic carbocycles. The molecule has 0 spiro atoms. The molecule has 222 valence electrons. The summed E-state index contributed by atoms with van der Waals surface area (Å²) < 4.78 is 11.5. The molecule has 2 aromatic rings. The number of ether oxygens (including phenoxy) is 2. The SMILES string of the molecule is CC(C)(C)OC(=O)N[C@@H]1C(=O)N2C(C(=O)OC(c3ccccc3)c3ccccc3)C(/C(CC#N)=C3\CCNC3=O)=CS[C@H]12. The second kappa shape index (κ2) is 12.4. The zero-order valence-corrected chi connectivity index (χ0v) is 24.9. The van der Waals surface area contributed by atoms with Crippen LogP contribution in [-0.4, -0.2) is 58.4 Å². The maximum Gasteiger partial charge on any atom is 0.408 e. The van der Waals surface area contributed by atoms with Gasteiger partial charge in [-0.05, 0) is 54.9 Å². The van der Waals surface area contributed by atoms with Crippen molar-refractivity contribution < 1.29 is 28.7 Å². The number of esters is 1. The van der Waals surface area contributed by atoms with Crippen molar-refractivity contribution in [3.8, 4) is 6.07 Å². The average Bonchev–Trinajstić information content (AvgIpc) is 3.41. The van der Waals surface area contributed by atoms with E-state index < -0.39 is 47.1 Å². The predicted octanol–water partition coefficient (Wildman–Crippen LogP) is 4.11. The number of nitrogens with zero attached hydrogens (tertiary/aromatic N) is 2. The molecule has 43 heavy (non-hydrogen) atoms. The minimum atomic E-state index is -1.24. The Kier molecular flexibility index (Phi) is 8.59. The van der Waals surface area contributed by atoms with Gasteiger partial charge in [-0.2, -0.15) is 5.26 Å². The van der Waals surface area contributed by atoms with Crippen molar-refractivity contribution >= 4 is 35.6 Å². The van der Waals surface area contributed by atoms with Crippen LogP contribution in [0.5, 0.6) is 0 Å². The third-order valence-corrected chi connectivity index (χ3v) is 8.39. The summed E-state index contributed by atoms with van der Waals surface area (Å²) in [6.45, 7) is 5.57. The molecule has 0 bridgehead atoms. The van der Waals surface area contributed by atoms with E-state index in [1.54, 1.807) is 26.2 Å². The number of β-lactam (4-membered cyclic amide) rings is 1. The Morgan fingerprint density at radius 1 is 1.09 bits per heavy atom. The van der Waals surface area contributed by atoms with Gasteiger partial charge in [0.05, 0.1) is 12.5 Å². The Morgan fingerprint density at radius 3 is 2.26 bits per heavy atom. The van der Waals surface area contributed by atoms with Gasteiger partial charge in [-0.3, -0.25) is 9.59 Å². The van der Waals surface area contributed by atoms with E-state index >= 15 is 0 Å². The molecule has 2 fully saturated rings. The number of thioether (sulfide) groups is 1. The van der Waals surface area contributed by atoms with Gasteiger partial charge in [0, 0.05) is 12.1 Å². The van der Waals surface area contributed by atoms with Gasteiger partial charge in [-0.1, -0.05) is 60.7 Å². The summed E-state index contributed by atoms with van der Waals surface area (Å²) in [6.07, 6.45) is -1.27. The van der Waals surface area contributed by atoms with Crippen LogP contribution in [-0.2, 0) is 23.9 Å². The molecule has 2 saturated heterocycles. The first kappa shape index (κ1) is 29.9. The Bertz CT molecular complexity index is 1490. The number of carbonyl (C=O) groups is 4. The summed E-state index contributed by atoms with van der Waals surface area (Å²) in [7, 11) is 0. The van der Waals surface area contributed by atoms with Crippen molar-refractivity contribution in [2.45, 2.75) is 62.8 Å². The zero-order valence-electron chi connectivity index (χ0n) is 24.0. The van der Waals surface area contributed by atoms with Gasteiger partial charge in [0.25, 0.3) is 0 Å². The van der Waals surface area contributed by atoms with E-state index in [9.17, 15) is 24.4 Å². The number of nitriles is 1. The highest BCUT2D eigenvalue weighted by Gasteiger charge is 2.57. The molecule has 5 rings (SSSR count). The van der Waals surface area contributed by atoms with E-state index in [0.29, 0.717) is 29.7 Å². The second-order valence-electron chi connectivity index (χ2n) is 11.3. The van der Waals surface area contributed by atoms with E-state index in [-0.39, 0.29) is 12.3 Å². The van der Waals surface area contributed by atoms with Gasteiger partial charge in [-0.15, -0.1) is 11.8 Å². The normalized spacial score (nSPS) is 22.4. The fourth-order valence-corrected chi connectivity index (χ4v) is 6.60. The maximum atomic E-state index is 14.2. The highest BCUT2D eigenvalue weighted by molar-refractivity contribution is 8.03. The molecule has 1 unspecified atom stereocenters. The topological polar surface area (TPSA) is 138 Å². The molecule has 3 amide bonds. The zero-order chi connectivity index (χ0) is 30.7. The number of hydrogen-bond acceptors (Lipinski definition) is 8. The van der Waals surface area contributed by atoms with Crippen LogP contribution in [0.1, 0.15) is 50.8 Å². The minimum Gasteiger partial charge on any atom is -0.451 e. The molecule has 0 saturated carbocycles. The summed E-state index contributed by atoms with van der Waals surface area (Å²) in [5, 5.41) is 16.1. The molecule has 3 aliphatic rings. The fraction of sp³-hybridized carbons (Fsp3) is 0.344. The van der Waals surface area contributed by atoms with Crippen LogP contribution in [0.15, 0.2) is 82.8 Å². The molecular weight excluding hydrogens is 568 g/mol. The second-order valence-corrected chi connectivity index (χ2v) is 12.3. The Morgan fingerprint density at radius 2 is 1.72 bits per heavy atom. The highest BCUT2D eigenvalue weighted by atomic mass is 32.2. The molecular formula is C32H32N4O6S. The van der Waals surface area contributed by atoms with Gasteiger partial charge >= 0.3 is 12.1 Å². The Balaban J connectivity index is 1.52. The van der Waals surface area contributed by atoms with E-state index in [1.165, 1.54) is 16.7 Å². The molecule has 2 N–H and O–H groups in total. The number of carbonyl (C=O) groups excluding carboxylic acids is 4. The highest BCUT2D eigenvalue weighted by Crippen LogP contribution is 2.44. The first-order valence-corrected chi connectivity index (χ1v) is 14.9. The first-order valence-electron chi connectivity index (χ1n) is 13.9. The van der Waals surface area contributed by atoms with Crippen molar-refractivity contribution in [3.05, 3.63) is 93.9 Å². The lowest BCUT2D eigenvalue weighted by Gasteiger charge is -2.52. The summed E-state index contributed by atoms with van der Waals surface area (Å²) in [5.41, 5.74) is 1.88. The third kappa shape index (κ3) is 6.29. The summed E-state index contributed by atoms with van der Waals surface area (Å²) in [4.78, 5) is 54.4. The predicted molar refractivity (Wildman–Crippen MR) is 159 cm³/mol. The van der Waals surface area contributed by atoms with Crippen molar-refractivity contribution in [3.63, 3.8) is 0 Å². The van der Waals surface area contributed by atoms with E-state index in [1.807, 2.05) is 60.7 Å². The van der Waals surface area contributed by atoms with Crippen LogP contribution in [0.4, 0.5) is 4.79 Å². The molecule has 3 atom stereocenters. The first-order chi connectivity index (χ1) is 20.6. The van der Waals surface area contributed by atoms with Crippen molar-refractivity contribution in [1.29, 1.82) is 5.26 Å². The van der Waals surface area contributed by atoms with Crippen LogP contribution >= 0.6 is 11.8 Å². The number of hydrogen-bond donors (Lipinski definition) is 2. The average molecular weight is 601 g/mol. The Hall–Kier alpha value is -4.56. The molecule has 0 aromatic heterocycles. The number of fused-ring (bicyclic) bond motifs is 1. The number of nitrogens with one attached hydrogen (secondary N) is 2. The van der Waals surface area contributed by atoms with Crippen LogP contribution in [0.3, 0.4) is 0 Å². The van der Waals surface area contributed by atoms with Crippen molar-refractivity contribution in [2.24, 2.45) is 0 Å². The van der Waals surface area contributed by atoms with E-state index in [4.69, 9.17) is 9.47 Å². The smallest absolute Gasteiger partial charge is 0.408 e. The number of rotatable bonds is 7. The third-order valence-electron chi connectivity index (χ3n) is 7.22. The van der Waals surface area contributed by atoms with Gasteiger partial charge < -0.3 is 25.0 Å². The molecule has 10 nitrogen and oxygen atoms in total. The van der Waals surface area contributed by atoms with Crippen molar-refractivity contribution in [1.82, 2.24) is 15.5 Å². The largest absolute Gasteiger partial charge is 0.451 e. The summed E-state index contributed by atoms with van der Waals surface area (Å²) in [6, 6.07) is 18.4. The molecule has 3 heterocycles. The van der Waals surface area contributed by atoms with Crippen molar-refractivity contribution in [2.75, 3.05) is 6.54 Å². The minimum absolute atomic E-state index is 0.133. The van der Waals surface area contributed by atoms with Gasteiger partial charge in [-0.25, -0.2) is 9.59 Å². The van der Waals surface area contributed by atoms with Crippen LogP contribution < -0.4 is 10.6 Å². The lowest BCUT2D eigenvalue weighted by molar-refractivity contribution is -0.164. The lowest BCUT2D eigenvalue weighted by Crippen LogP contribution is -2.74. The number of alkyl carbamates (subject to hydrolysis) is 1. The van der Waals surface area contributed by atoms with Crippen LogP contribution in [0.2, 0.25) is 0 Å². The Labute approximate surface area is 254 Å². The van der Waals surface area contributed by atoms with Gasteiger partial charge in [0.2, 0.25) is 11.8 Å². The molecule has 3 aliphatic heterocycles. The van der Waals surface area contributed by atoms with Gasteiger partial charge in [0.1, 0.15) is 17.0 Å². The number of amides is 3. The molecule has 0 aliphatic carbocycles. The summed E-state index contributed by atoms with van der Waals surface area (Å²) in [5.74, 6) is -1.52. The monoisotopic (exact) mass is 600 g/mol. The van der Waals surface area contributed by atoms with Crippen LogP contribution in [0.25, 0.3) is 0 Å². The standard InChI is InChI=1S/C32H32N4O6S/c1-32(2,3)42-31(40)35-24-28(38)36-25(23(18-43-29(24)36)21(14-16-33)22-15-17-34-27(22)37)30(39)41-26(19-10-6-4-7-11-19)20-12-8-5-9-13-20/h4-13,18,24-26,29H,14-15,17H2,1-3H3,(H,34,37)(H,35,40)/b22-21+/t24-,25?,29-/m1/s1. The van der Waals surface area contributed by atoms with E-state index in [0.717, 1.165) is 11.1 Å². The number of benzene rings is 2. The van der Waals surface area contributed by atoms with Gasteiger partial charge in [0.15, 0.2) is 12.1 Å². The lowest BCUT2D eigenvalue weighted by atomic mass is 9.88. The van der Waals surface area contributed by atoms with Crippen LogP contribution in [0, 0.1) is 11.3 Å².